The van der Waals surface area contributed by atoms with Crippen molar-refractivity contribution in [3.05, 3.63) is 86.9 Å². The molecule has 1 atom stereocenters. The summed E-state index contributed by atoms with van der Waals surface area (Å²) in [5.74, 6) is -3.41. The van der Waals surface area contributed by atoms with E-state index in [1.165, 1.54) is 12.1 Å². The molecule has 3 aromatic rings. The van der Waals surface area contributed by atoms with E-state index in [9.17, 15) is 31.5 Å². The number of alkyl halides is 3. The lowest BCUT2D eigenvalue weighted by Crippen LogP contribution is -2.24. The van der Waals surface area contributed by atoms with E-state index in [0.29, 0.717) is 36.6 Å². The Labute approximate surface area is 205 Å². The zero-order valence-corrected chi connectivity index (χ0v) is 18.9. The van der Waals surface area contributed by atoms with E-state index in [-0.39, 0.29) is 33.5 Å². The van der Waals surface area contributed by atoms with Crippen molar-refractivity contribution in [3.63, 3.8) is 0 Å². The van der Waals surface area contributed by atoms with Crippen molar-refractivity contribution in [2.24, 2.45) is 0 Å². The summed E-state index contributed by atoms with van der Waals surface area (Å²) in [5.41, 5.74) is -0.301. The fraction of sp³-hybridized carbons (Fsp3) is 0.167. The summed E-state index contributed by atoms with van der Waals surface area (Å²) < 4.78 is 67.4. The summed E-state index contributed by atoms with van der Waals surface area (Å²) in [6.45, 7) is 0.992. The first-order valence-corrected chi connectivity index (χ1v) is 11.0. The fourth-order valence-corrected chi connectivity index (χ4v) is 4.60. The molecule has 36 heavy (non-hydrogen) atoms. The summed E-state index contributed by atoms with van der Waals surface area (Å²) >= 11 is 6.28. The second-order valence-electron chi connectivity index (χ2n) is 8.24. The minimum absolute atomic E-state index is 0.0615. The summed E-state index contributed by atoms with van der Waals surface area (Å²) in [4.78, 5) is 26.0. The largest absolute Gasteiger partial charge is 0.416 e. The van der Waals surface area contributed by atoms with E-state index in [1.54, 1.807) is 0 Å². The van der Waals surface area contributed by atoms with Gasteiger partial charge in [0.2, 0.25) is 0 Å². The average Bonchev–Trinajstić information content (AvgIpc) is 3.17. The van der Waals surface area contributed by atoms with Gasteiger partial charge in [0.15, 0.2) is 0 Å². The topological polar surface area (TPSA) is 82.3 Å². The average molecular weight is 523 g/mol. The fourth-order valence-electron chi connectivity index (χ4n) is 4.37. The van der Waals surface area contributed by atoms with Gasteiger partial charge in [-0.1, -0.05) is 11.6 Å². The highest BCUT2D eigenvalue weighted by atomic mass is 35.5. The smallest absolute Gasteiger partial charge is 0.382 e. The molecule has 5 rings (SSSR count). The van der Waals surface area contributed by atoms with Crippen LogP contribution in [0.1, 0.15) is 43.4 Å². The van der Waals surface area contributed by atoms with E-state index in [0.717, 1.165) is 12.1 Å². The van der Waals surface area contributed by atoms with Gasteiger partial charge in [0.05, 0.1) is 28.5 Å². The molecular weight excluding hydrogens is 507 g/mol. The SMILES string of the molecule is O=C(Nc1cc2c(c3c1C(c1cc(F)ccc1Cl)NC3=O)NCCN2)c1cc(F)cc(C(F)(F)F)c1. The highest BCUT2D eigenvalue weighted by Gasteiger charge is 2.38. The van der Waals surface area contributed by atoms with Crippen molar-refractivity contribution in [1.29, 1.82) is 0 Å². The van der Waals surface area contributed by atoms with Crippen LogP contribution in [0.5, 0.6) is 0 Å². The molecule has 0 saturated carbocycles. The number of hydrogen-bond acceptors (Lipinski definition) is 4. The number of carbonyl (C=O) groups excluding carboxylic acids is 2. The molecule has 0 saturated heterocycles. The maximum Gasteiger partial charge on any atom is 0.416 e. The summed E-state index contributed by atoms with van der Waals surface area (Å²) in [5, 5.41) is 11.6. The summed E-state index contributed by atoms with van der Waals surface area (Å²) in [6.07, 6.45) is -4.87. The number of fused-ring (bicyclic) bond motifs is 3. The highest BCUT2D eigenvalue weighted by molar-refractivity contribution is 6.31. The first kappa shape index (κ1) is 23.9. The lowest BCUT2D eigenvalue weighted by Gasteiger charge is -2.25. The van der Waals surface area contributed by atoms with Crippen molar-refractivity contribution < 1.29 is 31.5 Å². The summed E-state index contributed by atoms with van der Waals surface area (Å²) in [6, 6.07) is 5.62. The number of anilines is 3. The zero-order chi connectivity index (χ0) is 25.8. The zero-order valence-electron chi connectivity index (χ0n) is 18.1. The molecule has 2 amide bonds. The molecular formula is C24H16ClF5N4O2. The molecule has 186 valence electrons. The van der Waals surface area contributed by atoms with Gasteiger partial charge >= 0.3 is 6.18 Å². The molecule has 2 aliphatic rings. The molecule has 0 aromatic heterocycles. The number of halogens is 6. The minimum Gasteiger partial charge on any atom is -0.382 e. The van der Waals surface area contributed by atoms with Crippen LogP contribution in [0.15, 0.2) is 42.5 Å². The van der Waals surface area contributed by atoms with Gasteiger partial charge in [-0.2, -0.15) is 13.2 Å². The monoisotopic (exact) mass is 522 g/mol. The number of hydrogen-bond donors (Lipinski definition) is 4. The molecule has 0 radical (unpaired) electrons. The third-order valence-electron chi connectivity index (χ3n) is 5.91. The van der Waals surface area contributed by atoms with Crippen molar-refractivity contribution in [2.45, 2.75) is 12.2 Å². The molecule has 4 N–H and O–H groups in total. The van der Waals surface area contributed by atoms with Gasteiger partial charge in [-0.15, -0.1) is 0 Å². The molecule has 1 unspecified atom stereocenters. The molecule has 12 heteroatoms. The second kappa shape index (κ2) is 8.66. The molecule has 0 spiro atoms. The van der Waals surface area contributed by atoms with E-state index >= 15 is 0 Å². The number of rotatable bonds is 3. The van der Waals surface area contributed by atoms with Gasteiger partial charge in [-0.25, -0.2) is 8.78 Å². The van der Waals surface area contributed by atoms with Crippen molar-refractivity contribution in [1.82, 2.24) is 5.32 Å². The predicted molar refractivity (Wildman–Crippen MR) is 123 cm³/mol. The molecule has 0 bridgehead atoms. The van der Waals surface area contributed by atoms with Crippen molar-refractivity contribution in [2.75, 3.05) is 29.0 Å². The Morgan fingerprint density at radius 1 is 1.00 bits per heavy atom. The normalized spacial score (nSPS) is 16.4. The van der Waals surface area contributed by atoms with E-state index in [4.69, 9.17) is 11.6 Å². The maximum atomic E-state index is 14.1. The van der Waals surface area contributed by atoms with Crippen molar-refractivity contribution >= 4 is 40.5 Å². The van der Waals surface area contributed by atoms with Crippen LogP contribution in [0.25, 0.3) is 0 Å². The van der Waals surface area contributed by atoms with Crippen LogP contribution in [0.3, 0.4) is 0 Å². The number of nitrogens with one attached hydrogen (secondary N) is 4. The predicted octanol–water partition coefficient (Wildman–Crippen LogP) is 5.56. The Balaban J connectivity index is 1.64. The number of carbonyl (C=O) groups is 2. The third kappa shape index (κ3) is 4.19. The molecule has 2 aliphatic heterocycles. The maximum absolute atomic E-state index is 14.1. The second-order valence-corrected chi connectivity index (χ2v) is 8.65. The summed E-state index contributed by atoms with van der Waals surface area (Å²) in [7, 11) is 0. The lowest BCUT2D eigenvalue weighted by atomic mass is 9.93. The van der Waals surface area contributed by atoms with Crippen LogP contribution in [-0.4, -0.2) is 24.9 Å². The molecule has 2 heterocycles. The first-order valence-electron chi connectivity index (χ1n) is 10.7. The van der Waals surface area contributed by atoms with E-state index in [2.05, 4.69) is 21.3 Å². The van der Waals surface area contributed by atoms with Crippen LogP contribution in [0.2, 0.25) is 5.02 Å². The van der Waals surface area contributed by atoms with Crippen LogP contribution in [0.4, 0.5) is 39.0 Å². The van der Waals surface area contributed by atoms with Crippen LogP contribution in [0, 0.1) is 11.6 Å². The molecule has 0 fully saturated rings. The third-order valence-corrected chi connectivity index (χ3v) is 6.25. The van der Waals surface area contributed by atoms with Crippen molar-refractivity contribution in [3.8, 4) is 0 Å². The number of amides is 2. The number of benzene rings is 3. The van der Waals surface area contributed by atoms with Crippen LogP contribution in [-0.2, 0) is 6.18 Å². The lowest BCUT2D eigenvalue weighted by molar-refractivity contribution is -0.137. The molecule has 3 aromatic carbocycles. The Bertz CT molecular complexity index is 1430. The van der Waals surface area contributed by atoms with E-state index in [1.807, 2.05) is 0 Å². The Hall–Kier alpha value is -3.86. The Morgan fingerprint density at radius 3 is 2.50 bits per heavy atom. The quantitative estimate of drug-likeness (QED) is 0.340. The Morgan fingerprint density at radius 2 is 1.75 bits per heavy atom. The van der Waals surface area contributed by atoms with Gasteiger partial charge in [-0.05, 0) is 42.5 Å². The Kier molecular flexibility index (Phi) is 5.74. The molecule has 0 aliphatic carbocycles. The van der Waals surface area contributed by atoms with E-state index < -0.39 is 46.8 Å². The van der Waals surface area contributed by atoms with Crippen LogP contribution < -0.4 is 21.3 Å². The van der Waals surface area contributed by atoms with Gasteiger partial charge in [-0.3, -0.25) is 9.59 Å². The van der Waals surface area contributed by atoms with Gasteiger partial charge in [0.1, 0.15) is 11.6 Å². The van der Waals surface area contributed by atoms with Gasteiger partial charge in [0.25, 0.3) is 11.8 Å². The van der Waals surface area contributed by atoms with Gasteiger partial charge < -0.3 is 21.3 Å². The first-order chi connectivity index (χ1) is 17.0. The molecule has 6 nitrogen and oxygen atoms in total. The highest BCUT2D eigenvalue weighted by Crippen LogP contribution is 2.46. The minimum atomic E-state index is -4.87. The van der Waals surface area contributed by atoms with Crippen LogP contribution >= 0.6 is 11.6 Å². The standard InChI is InChI=1S/C24H16ClF5N4O2/c25-15-2-1-12(26)8-14(15)20-18-16(9-17-21(32-4-3-31-17)19(18)23(36)34-20)33-22(35)10-5-11(24(28,29)30)7-13(27)6-10/h1-2,5-9,20,31-32H,3-4H2,(H,33,35)(H,34,36). The van der Waals surface area contributed by atoms with Gasteiger partial charge in [0, 0.05) is 40.5 Å².